The minimum atomic E-state index is -0.226. The van der Waals surface area contributed by atoms with Crippen molar-refractivity contribution >= 4 is 0 Å². The lowest BCUT2D eigenvalue weighted by molar-refractivity contribution is 0.378. The molecule has 1 aromatic carbocycles. The summed E-state index contributed by atoms with van der Waals surface area (Å²) in [5.41, 5.74) is 8.30. The molecule has 2 aromatic rings. The molecule has 4 nitrogen and oxygen atoms in total. The van der Waals surface area contributed by atoms with Gasteiger partial charge in [0, 0.05) is 18.3 Å². The predicted octanol–water partition coefficient (Wildman–Crippen LogP) is 2.68. The van der Waals surface area contributed by atoms with Crippen molar-refractivity contribution in [2.45, 2.75) is 25.3 Å². The van der Waals surface area contributed by atoms with Gasteiger partial charge in [0.05, 0.1) is 13.2 Å². The van der Waals surface area contributed by atoms with Gasteiger partial charge in [0.25, 0.3) is 0 Å². The van der Waals surface area contributed by atoms with Gasteiger partial charge in [-0.25, -0.2) is 4.98 Å². The molecular formula is C15H19N3O. The van der Waals surface area contributed by atoms with Gasteiger partial charge in [-0.05, 0) is 12.0 Å². The van der Waals surface area contributed by atoms with Crippen molar-refractivity contribution in [3.63, 3.8) is 0 Å². The first kappa shape index (κ1) is 13.5. The van der Waals surface area contributed by atoms with Gasteiger partial charge in [0.2, 0.25) is 5.88 Å². The van der Waals surface area contributed by atoms with E-state index in [9.17, 15) is 0 Å². The molecule has 0 fully saturated rings. The topological polar surface area (TPSA) is 61.0 Å². The minimum absolute atomic E-state index is 0.201. The van der Waals surface area contributed by atoms with Crippen LogP contribution in [0.15, 0.2) is 42.7 Å². The van der Waals surface area contributed by atoms with E-state index in [1.807, 2.05) is 18.2 Å². The maximum atomic E-state index is 6.38. The number of nitrogens with zero attached hydrogens (tertiary/aromatic N) is 2. The molecule has 4 heteroatoms. The van der Waals surface area contributed by atoms with Crippen LogP contribution in [-0.2, 0) is 0 Å². The van der Waals surface area contributed by atoms with Gasteiger partial charge >= 0.3 is 0 Å². The van der Waals surface area contributed by atoms with Gasteiger partial charge in [0.15, 0.2) is 0 Å². The van der Waals surface area contributed by atoms with Gasteiger partial charge < -0.3 is 10.5 Å². The quantitative estimate of drug-likeness (QED) is 0.894. The van der Waals surface area contributed by atoms with Crippen LogP contribution in [0.1, 0.15) is 36.6 Å². The fraction of sp³-hybridized carbons (Fsp3) is 0.333. The third-order valence-corrected chi connectivity index (χ3v) is 3.30. The Labute approximate surface area is 113 Å². The van der Waals surface area contributed by atoms with Crippen molar-refractivity contribution in [1.82, 2.24) is 9.97 Å². The minimum Gasteiger partial charge on any atom is -0.480 e. The van der Waals surface area contributed by atoms with E-state index >= 15 is 0 Å². The molecule has 100 valence electrons. The molecule has 0 saturated carbocycles. The van der Waals surface area contributed by atoms with Crippen molar-refractivity contribution in [2.75, 3.05) is 7.11 Å². The largest absolute Gasteiger partial charge is 0.480 e. The van der Waals surface area contributed by atoms with Crippen molar-refractivity contribution in [3.05, 3.63) is 54.0 Å². The first-order chi connectivity index (χ1) is 9.27. The normalized spacial score (nSPS) is 13.8. The van der Waals surface area contributed by atoms with Crippen LogP contribution in [-0.4, -0.2) is 17.1 Å². The highest BCUT2D eigenvalue weighted by Gasteiger charge is 2.24. The number of benzene rings is 1. The van der Waals surface area contributed by atoms with E-state index in [2.05, 4.69) is 29.0 Å². The molecule has 19 heavy (non-hydrogen) atoms. The van der Waals surface area contributed by atoms with E-state index < -0.39 is 0 Å². The first-order valence-electron chi connectivity index (χ1n) is 6.43. The molecule has 0 amide bonds. The molecule has 0 bridgehead atoms. The maximum absolute atomic E-state index is 6.38. The summed E-state index contributed by atoms with van der Waals surface area (Å²) in [6.45, 7) is 2.13. The molecule has 0 aliphatic rings. The number of hydrogen-bond acceptors (Lipinski definition) is 4. The maximum Gasteiger partial charge on any atom is 0.237 e. The molecule has 1 heterocycles. The number of methoxy groups -OCH3 is 1. The van der Waals surface area contributed by atoms with Crippen LogP contribution in [0.25, 0.3) is 0 Å². The van der Waals surface area contributed by atoms with Crippen molar-refractivity contribution in [3.8, 4) is 5.88 Å². The van der Waals surface area contributed by atoms with Crippen LogP contribution in [0.5, 0.6) is 5.88 Å². The third kappa shape index (κ3) is 2.90. The molecule has 0 aliphatic carbocycles. The summed E-state index contributed by atoms with van der Waals surface area (Å²) in [6, 6.07) is 10.0. The van der Waals surface area contributed by atoms with Gasteiger partial charge in [-0.3, -0.25) is 4.98 Å². The first-order valence-corrected chi connectivity index (χ1v) is 6.43. The Bertz CT molecular complexity index is 516. The van der Waals surface area contributed by atoms with E-state index in [0.717, 1.165) is 6.42 Å². The molecule has 0 radical (unpaired) electrons. The van der Waals surface area contributed by atoms with Crippen LogP contribution >= 0.6 is 0 Å². The lowest BCUT2D eigenvalue weighted by Crippen LogP contribution is -2.21. The molecule has 1 aromatic heterocycles. The molecule has 0 saturated heterocycles. The summed E-state index contributed by atoms with van der Waals surface area (Å²) in [4.78, 5) is 8.50. The predicted molar refractivity (Wildman–Crippen MR) is 75.0 cm³/mol. The lowest BCUT2D eigenvalue weighted by atomic mass is 9.88. The number of rotatable bonds is 5. The molecule has 2 unspecified atom stereocenters. The fourth-order valence-corrected chi connectivity index (χ4v) is 2.31. The lowest BCUT2D eigenvalue weighted by Gasteiger charge is -2.23. The van der Waals surface area contributed by atoms with Crippen LogP contribution in [0.4, 0.5) is 0 Å². The molecular weight excluding hydrogens is 238 g/mol. The van der Waals surface area contributed by atoms with E-state index in [-0.39, 0.29) is 12.0 Å². The monoisotopic (exact) mass is 257 g/mol. The number of aromatic nitrogens is 2. The van der Waals surface area contributed by atoms with E-state index in [1.54, 1.807) is 19.5 Å². The zero-order valence-electron chi connectivity index (χ0n) is 11.3. The summed E-state index contributed by atoms with van der Waals surface area (Å²) >= 11 is 0. The average Bonchev–Trinajstić information content (AvgIpc) is 2.49. The smallest absolute Gasteiger partial charge is 0.237 e. The highest BCUT2D eigenvalue weighted by atomic mass is 16.5. The average molecular weight is 257 g/mol. The Morgan fingerprint density at radius 1 is 1.16 bits per heavy atom. The van der Waals surface area contributed by atoms with Crippen LogP contribution in [0.2, 0.25) is 0 Å². The second kappa shape index (κ2) is 6.29. The summed E-state index contributed by atoms with van der Waals surface area (Å²) < 4.78 is 5.24. The Morgan fingerprint density at radius 3 is 2.47 bits per heavy atom. The standard InChI is InChI=1S/C15H19N3O/c1-3-12(11-7-5-4-6-8-11)13(16)14-15(19-2)18-10-9-17-14/h4-10,12-13H,3,16H2,1-2H3. The van der Waals surface area contributed by atoms with Crippen LogP contribution < -0.4 is 10.5 Å². The SMILES string of the molecule is CCC(c1ccccc1)C(N)c1nccnc1OC. The highest BCUT2D eigenvalue weighted by Crippen LogP contribution is 2.33. The molecule has 0 spiro atoms. The Balaban J connectivity index is 2.33. The van der Waals surface area contributed by atoms with Gasteiger partial charge in [-0.1, -0.05) is 37.3 Å². The Hall–Kier alpha value is -1.94. The van der Waals surface area contributed by atoms with E-state index in [1.165, 1.54) is 5.56 Å². The second-order valence-electron chi connectivity index (χ2n) is 4.40. The van der Waals surface area contributed by atoms with Gasteiger partial charge in [-0.15, -0.1) is 0 Å². The van der Waals surface area contributed by atoms with Crippen molar-refractivity contribution in [1.29, 1.82) is 0 Å². The molecule has 2 N–H and O–H groups in total. The van der Waals surface area contributed by atoms with Crippen molar-refractivity contribution < 1.29 is 4.74 Å². The summed E-state index contributed by atoms with van der Waals surface area (Å²) in [5.74, 6) is 0.705. The number of nitrogens with two attached hydrogens (primary N) is 1. The molecule has 2 atom stereocenters. The van der Waals surface area contributed by atoms with Crippen LogP contribution in [0.3, 0.4) is 0 Å². The zero-order valence-corrected chi connectivity index (χ0v) is 11.3. The van der Waals surface area contributed by atoms with Gasteiger partial charge in [0.1, 0.15) is 5.69 Å². The summed E-state index contributed by atoms with van der Waals surface area (Å²) in [5, 5.41) is 0. The van der Waals surface area contributed by atoms with E-state index in [4.69, 9.17) is 10.5 Å². The second-order valence-corrected chi connectivity index (χ2v) is 4.40. The van der Waals surface area contributed by atoms with Crippen LogP contribution in [0, 0.1) is 0 Å². The Morgan fingerprint density at radius 2 is 1.84 bits per heavy atom. The summed E-state index contributed by atoms with van der Waals surface area (Å²) in [6.07, 6.45) is 4.19. The fourth-order valence-electron chi connectivity index (χ4n) is 2.31. The summed E-state index contributed by atoms with van der Waals surface area (Å²) in [7, 11) is 1.59. The van der Waals surface area contributed by atoms with Gasteiger partial charge in [-0.2, -0.15) is 0 Å². The third-order valence-electron chi connectivity index (χ3n) is 3.30. The van der Waals surface area contributed by atoms with Crippen molar-refractivity contribution in [2.24, 2.45) is 5.73 Å². The Kier molecular flexibility index (Phi) is 4.47. The molecule has 0 aliphatic heterocycles. The van der Waals surface area contributed by atoms with E-state index in [0.29, 0.717) is 11.6 Å². The highest BCUT2D eigenvalue weighted by molar-refractivity contribution is 5.28. The zero-order chi connectivity index (χ0) is 13.7. The number of ether oxygens (including phenoxy) is 1. The molecule has 2 rings (SSSR count). The number of hydrogen-bond donors (Lipinski definition) is 1.